The number of anilines is 1. The first-order chi connectivity index (χ1) is 12.5. The number of para-hydroxylation sites is 2. The summed E-state index contributed by atoms with van der Waals surface area (Å²) in [5, 5.41) is 7.40. The molecule has 130 valence electrons. The summed E-state index contributed by atoms with van der Waals surface area (Å²) < 4.78 is 1.62. The highest BCUT2D eigenvalue weighted by molar-refractivity contribution is 6.04. The number of carbonyl (C=O) groups excluding carboxylic acids is 1. The summed E-state index contributed by atoms with van der Waals surface area (Å²) in [6.07, 6.45) is 0. The number of carbonyl (C=O) groups is 1. The molecule has 4 rings (SSSR count). The highest BCUT2D eigenvalue weighted by Gasteiger charge is 2.15. The van der Waals surface area contributed by atoms with E-state index in [-0.39, 0.29) is 5.91 Å². The Kier molecular flexibility index (Phi) is 3.80. The molecule has 0 aliphatic carbocycles. The van der Waals surface area contributed by atoms with Crippen molar-refractivity contribution in [2.75, 3.05) is 5.32 Å². The number of imidazole rings is 1. The first-order valence-corrected chi connectivity index (χ1v) is 8.41. The van der Waals surface area contributed by atoms with E-state index in [1.165, 1.54) is 0 Å². The van der Waals surface area contributed by atoms with E-state index >= 15 is 0 Å². The van der Waals surface area contributed by atoms with Gasteiger partial charge >= 0.3 is 0 Å². The van der Waals surface area contributed by atoms with Crippen molar-refractivity contribution in [2.24, 2.45) is 0 Å². The number of nitrogens with one attached hydrogen (secondary N) is 2. The number of fused-ring (bicyclic) bond motifs is 1. The van der Waals surface area contributed by atoms with Crippen molar-refractivity contribution < 1.29 is 4.79 Å². The standard InChI is InChI=1S/C20H19N5O/c1-12-8-9-15(10-13(12)2)19(26)23-18-11-14(3)24-25(18)20-21-16-6-4-5-7-17(16)22-20/h4-11H,1-3H3,(H,21,22)(H,23,26). The number of amides is 1. The van der Waals surface area contributed by atoms with E-state index in [9.17, 15) is 4.79 Å². The number of aromatic amines is 1. The summed E-state index contributed by atoms with van der Waals surface area (Å²) in [6, 6.07) is 15.3. The molecule has 0 aliphatic heterocycles. The van der Waals surface area contributed by atoms with Gasteiger partial charge in [-0.1, -0.05) is 18.2 Å². The Bertz CT molecular complexity index is 1090. The zero-order valence-electron chi connectivity index (χ0n) is 14.9. The van der Waals surface area contributed by atoms with Gasteiger partial charge in [-0.05, 0) is 56.2 Å². The maximum absolute atomic E-state index is 12.7. The van der Waals surface area contributed by atoms with E-state index < -0.39 is 0 Å². The number of rotatable bonds is 3. The van der Waals surface area contributed by atoms with Crippen LogP contribution in [-0.4, -0.2) is 25.7 Å². The van der Waals surface area contributed by atoms with Crippen molar-refractivity contribution in [3.63, 3.8) is 0 Å². The maximum Gasteiger partial charge on any atom is 0.256 e. The van der Waals surface area contributed by atoms with Crippen LogP contribution in [-0.2, 0) is 0 Å². The number of aryl methyl sites for hydroxylation is 3. The lowest BCUT2D eigenvalue weighted by Gasteiger charge is -2.08. The quantitative estimate of drug-likeness (QED) is 0.591. The molecule has 0 spiro atoms. The Morgan fingerprint density at radius 1 is 1.04 bits per heavy atom. The largest absolute Gasteiger partial charge is 0.322 e. The number of hydrogen-bond acceptors (Lipinski definition) is 3. The molecule has 6 heteroatoms. The van der Waals surface area contributed by atoms with Gasteiger partial charge in [-0.3, -0.25) is 4.79 Å². The molecule has 0 radical (unpaired) electrons. The average Bonchev–Trinajstić information content (AvgIpc) is 3.20. The Morgan fingerprint density at radius 2 is 1.85 bits per heavy atom. The summed E-state index contributed by atoms with van der Waals surface area (Å²) in [4.78, 5) is 20.4. The third-order valence-corrected chi connectivity index (χ3v) is 4.42. The van der Waals surface area contributed by atoms with Gasteiger partial charge in [-0.25, -0.2) is 4.98 Å². The molecule has 2 aromatic carbocycles. The molecule has 0 bridgehead atoms. The van der Waals surface area contributed by atoms with Crippen LogP contribution in [0.1, 0.15) is 27.2 Å². The van der Waals surface area contributed by atoms with Gasteiger partial charge in [0.1, 0.15) is 5.82 Å². The molecule has 0 aliphatic rings. The van der Waals surface area contributed by atoms with E-state index in [0.29, 0.717) is 17.3 Å². The topological polar surface area (TPSA) is 75.6 Å². The van der Waals surface area contributed by atoms with Crippen molar-refractivity contribution >= 4 is 22.8 Å². The molecule has 26 heavy (non-hydrogen) atoms. The smallest absolute Gasteiger partial charge is 0.256 e. The summed E-state index contributed by atoms with van der Waals surface area (Å²) in [7, 11) is 0. The van der Waals surface area contributed by atoms with Crippen LogP contribution in [0.5, 0.6) is 0 Å². The molecule has 6 nitrogen and oxygen atoms in total. The predicted molar refractivity (Wildman–Crippen MR) is 102 cm³/mol. The third kappa shape index (κ3) is 2.86. The number of benzene rings is 2. The lowest BCUT2D eigenvalue weighted by molar-refractivity contribution is 0.102. The second-order valence-corrected chi connectivity index (χ2v) is 6.41. The Morgan fingerprint density at radius 3 is 2.62 bits per heavy atom. The number of nitrogens with zero attached hydrogens (tertiary/aromatic N) is 3. The highest BCUT2D eigenvalue weighted by Crippen LogP contribution is 2.19. The fourth-order valence-corrected chi connectivity index (χ4v) is 2.86. The van der Waals surface area contributed by atoms with Crippen LogP contribution in [0.4, 0.5) is 5.82 Å². The minimum atomic E-state index is -0.176. The second kappa shape index (κ2) is 6.15. The van der Waals surface area contributed by atoms with Crippen LogP contribution in [0, 0.1) is 20.8 Å². The zero-order chi connectivity index (χ0) is 18.3. The molecule has 1 amide bonds. The fourth-order valence-electron chi connectivity index (χ4n) is 2.86. The van der Waals surface area contributed by atoms with E-state index in [1.807, 2.05) is 69.3 Å². The monoisotopic (exact) mass is 345 g/mol. The third-order valence-electron chi connectivity index (χ3n) is 4.42. The summed E-state index contributed by atoms with van der Waals surface area (Å²) in [5.41, 5.74) is 5.41. The van der Waals surface area contributed by atoms with Crippen molar-refractivity contribution in [3.8, 4) is 5.95 Å². The summed E-state index contributed by atoms with van der Waals surface area (Å²) in [6.45, 7) is 5.90. The summed E-state index contributed by atoms with van der Waals surface area (Å²) in [5.74, 6) is 0.963. The number of H-pyrrole nitrogens is 1. The Hall–Kier alpha value is -3.41. The average molecular weight is 345 g/mol. The normalized spacial score (nSPS) is 11.0. The van der Waals surface area contributed by atoms with E-state index in [2.05, 4.69) is 20.4 Å². The highest BCUT2D eigenvalue weighted by atomic mass is 16.1. The lowest BCUT2D eigenvalue weighted by Crippen LogP contribution is -2.15. The van der Waals surface area contributed by atoms with E-state index in [0.717, 1.165) is 27.9 Å². The zero-order valence-corrected chi connectivity index (χ0v) is 14.9. The minimum absolute atomic E-state index is 0.176. The van der Waals surface area contributed by atoms with Crippen LogP contribution < -0.4 is 5.32 Å². The minimum Gasteiger partial charge on any atom is -0.322 e. The van der Waals surface area contributed by atoms with Gasteiger partial charge in [-0.2, -0.15) is 9.78 Å². The molecule has 0 atom stereocenters. The van der Waals surface area contributed by atoms with Crippen molar-refractivity contribution in [1.82, 2.24) is 19.7 Å². The van der Waals surface area contributed by atoms with Gasteiger partial charge in [0, 0.05) is 11.6 Å². The van der Waals surface area contributed by atoms with Crippen molar-refractivity contribution in [1.29, 1.82) is 0 Å². The van der Waals surface area contributed by atoms with Crippen LogP contribution in [0.3, 0.4) is 0 Å². The molecule has 0 saturated carbocycles. The van der Waals surface area contributed by atoms with E-state index in [1.54, 1.807) is 4.68 Å². The van der Waals surface area contributed by atoms with Gasteiger partial charge in [0.25, 0.3) is 5.91 Å². The Balaban J connectivity index is 1.69. The first kappa shape index (κ1) is 16.1. The van der Waals surface area contributed by atoms with Crippen LogP contribution >= 0.6 is 0 Å². The van der Waals surface area contributed by atoms with Gasteiger partial charge in [0.05, 0.1) is 16.7 Å². The SMILES string of the molecule is Cc1cc(NC(=O)c2ccc(C)c(C)c2)n(-c2nc3ccccc3[nH]2)n1. The maximum atomic E-state index is 12.7. The molecule has 2 N–H and O–H groups in total. The lowest BCUT2D eigenvalue weighted by atomic mass is 10.1. The van der Waals surface area contributed by atoms with Gasteiger partial charge in [-0.15, -0.1) is 0 Å². The van der Waals surface area contributed by atoms with Gasteiger partial charge in [0.2, 0.25) is 5.95 Å². The van der Waals surface area contributed by atoms with Crippen molar-refractivity contribution in [3.05, 3.63) is 70.9 Å². The molecule has 4 aromatic rings. The number of hydrogen-bond donors (Lipinski definition) is 2. The molecule has 2 heterocycles. The Labute approximate surface area is 150 Å². The van der Waals surface area contributed by atoms with Crippen molar-refractivity contribution in [2.45, 2.75) is 20.8 Å². The molecule has 0 unspecified atom stereocenters. The fraction of sp³-hybridized carbons (Fsp3) is 0.150. The predicted octanol–water partition coefficient (Wildman–Crippen LogP) is 3.93. The second-order valence-electron chi connectivity index (χ2n) is 6.41. The molecular weight excluding hydrogens is 326 g/mol. The van der Waals surface area contributed by atoms with Crippen LogP contribution in [0.15, 0.2) is 48.5 Å². The van der Waals surface area contributed by atoms with E-state index in [4.69, 9.17) is 0 Å². The van der Waals surface area contributed by atoms with Crippen LogP contribution in [0.25, 0.3) is 17.0 Å². The van der Waals surface area contributed by atoms with Gasteiger partial charge in [0.15, 0.2) is 0 Å². The molecule has 2 aromatic heterocycles. The molecule has 0 saturated heterocycles. The number of aromatic nitrogens is 4. The summed E-state index contributed by atoms with van der Waals surface area (Å²) >= 11 is 0. The van der Waals surface area contributed by atoms with Gasteiger partial charge < -0.3 is 10.3 Å². The van der Waals surface area contributed by atoms with Crippen LogP contribution in [0.2, 0.25) is 0 Å². The molecular formula is C20H19N5O. The molecule has 0 fully saturated rings. The first-order valence-electron chi connectivity index (χ1n) is 8.41.